The number of aryl methyl sites for hydroxylation is 1. The molecule has 0 fully saturated rings. The van der Waals surface area contributed by atoms with Crippen molar-refractivity contribution < 1.29 is 18.3 Å². The standard InChI is InChI=1S/C29H23F2N7O3/c1-37-17-21(16-34-37)35-20-14-27(25(10-11-32)33-15-20)41-26-9-6-19(13-24(26)31)36-28(39)23-3-2-12-38(29(23)40)22-7-4-18(30)5-8-22/h2-17,32-33,35H,1H3,(H,36,39)/b25-10-,32-11?. The largest absolute Gasteiger partial charge is 0.452 e. The number of ether oxygens (including phenoxy) is 1. The van der Waals surface area contributed by atoms with Crippen LogP contribution in [0.3, 0.4) is 0 Å². The lowest BCUT2D eigenvalue weighted by molar-refractivity contribution is 0.102. The van der Waals surface area contributed by atoms with Gasteiger partial charge in [-0.2, -0.15) is 5.10 Å². The summed E-state index contributed by atoms with van der Waals surface area (Å²) in [7, 11) is 1.78. The third-order valence-electron chi connectivity index (χ3n) is 5.89. The van der Waals surface area contributed by atoms with Gasteiger partial charge in [0.25, 0.3) is 11.5 Å². The molecule has 0 atom stereocenters. The van der Waals surface area contributed by atoms with Crippen molar-refractivity contribution in [3.63, 3.8) is 0 Å². The van der Waals surface area contributed by atoms with Gasteiger partial charge in [-0.3, -0.25) is 18.8 Å². The molecule has 206 valence electrons. The molecule has 0 aliphatic carbocycles. The topological polar surface area (TPSA) is 126 Å². The fraction of sp³-hybridized carbons (Fsp3) is 0.0345. The van der Waals surface area contributed by atoms with Crippen LogP contribution < -0.4 is 26.2 Å². The number of hydrogen-bond acceptors (Lipinski definition) is 7. The predicted molar refractivity (Wildman–Crippen MR) is 150 cm³/mol. The normalized spacial score (nSPS) is 13.6. The third kappa shape index (κ3) is 6.11. The number of nitrogens with one attached hydrogen (secondary N) is 4. The maximum Gasteiger partial charge on any atom is 0.267 e. The van der Waals surface area contributed by atoms with E-state index in [2.05, 4.69) is 21.0 Å². The minimum atomic E-state index is -0.772. The fourth-order valence-electron chi connectivity index (χ4n) is 3.96. The Labute approximate surface area is 232 Å². The molecular weight excluding hydrogens is 532 g/mol. The summed E-state index contributed by atoms with van der Waals surface area (Å²) in [6.45, 7) is 0. The van der Waals surface area contributed by atoms with Gasteiger partial charge in [0.1, 0.15) is 11.4 Å². The second kappa shape index (κ2) is 11.5. The fourth-order valence-corrected chi connectivity index (χ4v) is 3.96. The van der Waals surface area contributed by atoms with Gasteiger partial charge in [0.05, 0.1) is 23.3 Å². The van der Waals surface area contributed by atoms with Crippen LogP contribution in [0.25, 0.3) is 5.69 Å². The number of hydrogen-bond donors (Lipinski definition) is 4. The first-order chi connectivity index (χ1) is 19.8. The van der Waals surface area contributed by atoms with Gasteiger partial charge in [-0.25, -0.2) is 8.78 Å². The molecule has 41 heavy (non-hydrogen) atoms. The average molecular weight is 556 g/mol. The summed E-state index contributed by atoms with van der Waals surface area (Å²) in [5.74, 6) is -1.87. The van der Waals surface area contributed by atoms with Crippen molar-refractivity contribution in [2.75, 3.05) is 10.6 Å². The van der Waals surface area contributed by atoms with Crippen molar-refractivity contribution >= 4 is 23.5 Å². The lowest BCUT2D eigenvalue weighted by Gasteiger charge is -2.20. The van der Waals surface area contributed by atoms with Gasteiger partial charge < -0.3 is 26.1 Å². The van der Waals surface area contributed by atoms with E-state index in [9.17, 15) is 14.0 Å². The van der Waals surface area contributed by atoms with Gasteiger partial charge >= 0.3 is 0 Å². The first-order valence-corrected chi connectivity index (χ1v) is 12.2. The molecule has 1 aliphatic rings. The number of aromatic nitrogens is 3. The van der Waals surface area contributed by atoms with Gasteiger partial charge in [-0.15, -0.1) is 0 Å². The Hall–Kier alpha value is -5.78. The molecule has 2 aromatic carbocycles. The first-order valence-electron chi connectivity index (χ1n) is 12.2. The molecule has 4 aromatic rings. The number of pyridine rings is 1. The number of benzene rings is 2. The summed E-state index contributed by atoms with van der Waals surface area (Å²) in [6.07, 6.45) is 10.7. The molecule has 0 unspecified atom stereocenters. The van der Waals surface area contributed by atoms with E-state index < -0.39 is 23.1 Å². The molecule has 1 amide bonds. The van der Waals surface area contributed by atoms with Crippen molar-refractivity contribution in [3.8, 4) is 11.4 Å². The quantitative estimate of drug-likeness (QED) is 0.238. The van der Waals surface area contributed by atoms with Gasteiger partial charge in [0, 0.05) is 55.4 Å². The molecule has 2 aromatic heterocycles. The highest BCUT2D eigenvalue weighted by Gasteiger charge is 2.18. The smallest absolute Gasteiger partial charge is 0.267 e. The van der Waals surface area contributed by atoms with Crippen LogP contribution in [0.2, 0.25) is 0 Å². The number of amides is 1. The Morgan fingerprint density at radius 2 is 1.93 bits per heavy atom. The van der Waals surface area contributed by atoms with Gasteiger partial charge in [-0.1, -0.05) is 0 Å². The molecule has 10 nitrogen and oxygen atoms in total. The number of carbonyl (C=O) groups is 1. The lowest BCUT2D eigenvalue weighted by Crippen LogP contribution is -2.27. The Kier molecular flexibility index (Phi) is 7.54. The second-order valence-corrected chi connectivity index (χ2v) is 8.80. The van der Waals surface area contributed by atoms with Crippen LogP contribution in [0.4, 0.5) is 20.2 Å². The highest BCUT2D eigenvalue weighted by Crippen LogP contribution is 2.27. The summed E-state index contributed by atoms with van der Waals surface area (Å²) < 4.78 is 37.0. The monoisotopic (exact) mass is 555 g/mol. The Balaban J connectivity index is 1.33. The van der Waals surface area contributed by atoms with Crippen LogP contribution in [0.15, 0.2) is 113 Å². The summed E-state index contributed by atoms with van der Waals surface area (Å²) in [4.78, 5) is 25.8. The number of carbonyl (C=O) groups excluding carboxylic acids is 1. The highest BCUT2D eigenvalue weighted by atomic mass is 19.1. The van der Waals surface area contributed by atoms with Gasteiger partial charge in [0.15, 0.2) is 17.3 Å². The molecule has 5 rings (SSSR count). The first kappa shape index (κ1) is 26.8. The van der Waals surface area contributed by atoms with Crippen LogP contribution in [0, 0.1) is 17.0 Å². The van der Waals surface area contributed by atoms with E-state index in [1.807, 2.05) is 0 Å². The van der Waals surface area contributed by atoms with Crippen LogP contribution in [-0.2, 0) is 7.05 Å². The summed E-state index contributed by atoms with van der Waals surface area (Å²) in [5, 5.41) is 20.2. The zero-order valence-corrected chi connectivity index (χ0v) is 21.6. The van der Waals surface area contributed by atoms with Crippen LogP contribution >= 0.6 is 0 Å². The zero-order valence-electron chi connectivity index (χ0n) is 21.6. The van der Waals surface area contributed by atoms with E-state index in [-0.39, 0.29) is 22.8 Å². The Morgan fingerprint density at radius 3 is 2.63 bits per heavy atom. The summed E-state index contributed by atoms with van der Waals surface area (Å²) in [5.41, 5.74) is 1.44. The minimum absolute atomic E-state index is 0.0984. The average Bonchev–Trinajstić information content (AvgIpc) is 3.36. The van der Waals surface area contributed by atoms with E-state index >= 15 is 4.39 Å². The minimum Gasteiger partial charge on any atom is -0.452 e. The number of nitrogens with zero attached hydrogens (tertiary/aromatic N) is 3. The van der Waals surface area contributed by atoms with E-state index in [1.54, 1.807) is 36.4 Å². The third-order valence-corrected chi connectivity index (χ3v) is 5.89. The molecule has 0 bridgehead atoms. The molecule has 0 spiro atoms. The lowest BCUT2D eigenvalue weighted by atomic mass is 10.2. The Morgan fingerprint density at radius 1 is 1.12 bits per heavy atom. The number of anilines is 2. The molecule has 0 radical (unpaired) electrons. The molecule has 4 N–H and O–H groups in total. The van der Waals surface area contributed by atoms with Crippen molar-refractivity contribution in [3.05, 3.63) is 136 Å². The molecule has 1 aliphatic heterocycles. The van der Waals surface area contributed by atoms with E-state index in [1.165, 1.54) is 65.4 Å². The molecule has 3 heterocycles. The number of rotatable bonds is 8. The zero-order chi connectivity index (χ0) is 28.9. The van der Waals surface area contributed by atoms with Crippen molar-refractivity contribution in [2.45, 2.75) is 0 Å². The summed E-state index contributed by atoms with van der Waals surface area (Å²) in [6, 6.07) is 11.9. The molecule has 0 saturated heterocycles. The SMILES string of the molecule is Cn1cc(NC2=CN/C(=C\C=N)C(Oc3ccc(NC(=O)c4cccn(-c5ccc(F)cc5)c4=O)cc3F)=C2)cn1. The molecule has 12 heteroatoms. The second-order valence-electron chi connectivity index (χ2n) is 8.80. The maximum absolute atomic E-state index is 15.1. The van der Waals surface area contributed by atoms with Crippen molar-refractivity contribution in [2.24, 2.45) is 7.05 Å². The van der Waals surface area contributed by atoms with Crippen LogP contribution in [-0.4, -0.2) is 26.5 Å². The number of halogens is 2. The molecular formula is C29H23F2N7O3. The highest BCUT2D eigenvalue weighted by molar-refractivity contribution is 6.04. The maximum atomic E-state index is 15.1. The van der Waals surface area contributed by atoms with Gasteiger partial charge in [0.2, 0.25) is 0 Å². The van der Waals surface area contributed by atoms with E-state index in [4.69, 9.17) is 10.1 Å². The van der Waals surface area contributed by atoms with Crippen LogP contribution in [0.1, 0.15) is 10.4 Å². The Bertz CT molecular complexity index is 1790. The van der Waals surface area contributed by atoms with E-state index in [0.717, 1.165) is 18.0 Å². The van der Waals surface area contributed by atoms with E-state index in [0.29, 0.717) is 17.1 Å². The number of allylic oxidation sites excluding steroid dienone is 2. The van der Waals surface area contributed by atoms with Gasteiger partial charge in [-0.05, 0) is 54.6 Å². The van der Waals surface area contributed by atoms with Crippen LogP contribution in [0.5, 0.6) is 5.75 Å². The summed E-state index contributed by atoms with van der Waals surface area (Å²) >= 11 is 0. The van der Waals surface area contributed by atoms with Crippen molar-refractivity contribution in [1.82, 2.24) is 19.7 Å². The van der Waals surface area contributed by atoms with Crippen molar-refractivity contribution in [1.29, 1.82) is 5.41 Å². The number of dihydropyridines is 1. The predicted octanol–water partition coefficient (Wildman–Crippen LogP) is 4.45. The molecule has 0 saturated carbocycles.